The molecule has 0 aliphatic rings. The zero-order valence-corrected chi connectivity index (χ0v) is 36.3. The fourth-order valence-corrected chi connectivity index (χ4v) is 10.0. The molecule has 0 heterocycles. The highest BCUT2D eigenvalue weighted by atomic mass is 19.1. The van der Waals surface area contributed by atoms with Crippen LogP contribution in [0.25, 0.3) is 76.8 Å². The summed E-state index contributed by atoms with van der Waals surface area (Å²) in [4.78, 5) is 1.43. The van der Waals surface area contributed by atoms with Crippen LogP contribution in [0, 0.1) is 11.6 Å². The second-order valence-electron chi connectivity index (χ2n) is 16.6. The first kappa shape index (κ1) is 31.3. The van der Waals surface area contributed by atoms with E-state index in [0.717, 1.165) is 16.5 Å². The van der Waals surface area contributed by atoms with Gasteiger partial charge in [-0.05, 0) is 107 Å². The summed E-state index contributed by atoms with van der Waals surface area (Å²) in [7, 11) is 0. The molecule has 0 bridgehead atoms. The summed E-state index contributed by atoms with van der Waals surface area (Å²) in [6.45, 7) is 0. The molecule has 322 valence electrons. The molecular formula is C65H43F2N. The summed E-state index contributed by atoms with van der Waals surface area (Å²) in [5.41, 5.74) is 5.20. The molecule has 0 saturated carbocycles. The average molecular weight is 886 g/mol. The summed E-state index contributed by atoms with van der Waals surface area (Å²) in [6, 6.07) is 52.4. The molecule has 68 heavy (non-hydrogen) atoms. The third-order valence-corrected chi connectivity index (χ3v) is 12.9. The van der Waals surface area contributed by atoms with Gasteiger partial charge in [-0.15, -0.1) is 0 Å². The summed E-state index contributed by atoms with van der Waals surface area (Å²) in [6.07, 6.45) is 0. The van der Waals surface area contributed by atoms with Crippen molar-refractivity contribution < 1.29 is 22.5 Å². The number of hydrogen-bond donors (Lipinski definition) is 0. The van der Waals surface area contributed by atoms with Crippen LogP contribution >= 0.6 is 0 Å². The minimum Gasteiger partial charge on any atom is -0.307 e. The lowest BCUT2D eigenvalue weighted by Crippen LogP contribution is -2.14. The van der Waals surface area contributed by atoms with Crippen LogP contribution in [0.1, 0.15) is 36.3 Å². The Balaban J connectivity index is 1.22. The molecule has 12 aromatic rings. The second kappa shape index (κ2) is 17.3. The van der Waals surface area contributed by atoms with Crippen molar-refractivity contribution in [3.8, 4) is 44.5 Å². The van der Waals surface area contributed by atoms with Crippen molar-refractivity contribution in [2.45, 2.75) is 5.92 Å². The third kappa shape index (κ3) is 6.99. The molecule has 1 nitrogen and oxygen atoms in total. The first-order valence-corrected chi connectivity index (χ1v) is 22.3. The Labute approximate surface area is 408 Å². The highest BCUT2D eigenvalue weighted by Crippen LogP contribution is 2.52. The van der Waals surface area contributed by atoms with Gasteiger partial charge in [0.1, 0.15) is 11.6 Å². The molecule has 0 fully saturated rings. The topological polar surface area (TPSA) is 3.24 Å². The van der Waals surface area contributed by atoms with Gasteiger partial charge in [-0.3, -0.25) is 0 Å². The zero-order valence-electron chi connectivity index (χ0n) is 46.3. The van der Waals surface area contributed by atoms with Crippen LogP contribution in [0.4, 0.5) is 25.8 Å². The van der Waals surface area contributed by atoms with Crippen LogP contribution < -0.4 is 4.90 Å². The molecule has 0 N–H and O–H groups in total. The molecule has 0 aliphatic heterocycles. The highest BCUT2D eigenvalue weighted by molar-refractivity contribution is 6.26. The Hall–Kier alpha value is -8.66. The predicted molar refractivity (Wildman–Crippen MR) is 280 cm³/mol. The van der Waals surface area contributed by atoms with E-state index in [0.29, 0.717) is 65.9 Å². The minimum atomic E-state index is -1.33. The van der Waals surface area contributed by atoms with E-state index in [4.69, 9.17) is 8.22 Å². The number of hydrogen-bond acceptors (Lipinski definition) is 1. The van der Waals surface area contributed by atoms with Crippen molar-refractivity contribution in [3.63, 3.8) is 0 Å². The molecule has 12 aromatic carbocycles. The fourth-order valence-electron chi connectivity index (χ4n) is 10.0. The van der Waals surface area contributed by atoms with Crippen LogP contribution in [0.2, 0.25) is 0 Å². The number of nitrogens with zero attached hydrogens (tertiary/aromatic N) is 1. The Morgan fingerprint density at radius 3 is 1.47 bits per heavy atom. The van der Waals surface area contributed by atoms with E-state index in [1.807, 2.05) is 164 Å². The van der Waals surface area contributed by atoms with E-state index < -0.39 is 78.0 Å². The van der Waals surface area contributed by atoms with Gasteiger partial charge in [0.15, 0.2) is 0 Å². The summed E-state index contributed by atoms with van der Waals surface area (Å²) in [5.74, 6) is -2.72. The van der Waals surface area contributed by atoms with Gasteiger partial charge in [0.25, 0.3) is 0 Å². The Kier molecular flexibility index (Phi) is 7.95. The SMILES string of the molecule is [2H]c1c([2H])c([2H])c(C(c2c(F)ccc(-c3ccccc3)c2-c2ccccc2)c2ccc3ccc4c(N(c5c([2H])c([2H])c([2H])c([2H])c5[2H])c5c(F)ccc(-c6ccccc6)c5-c5ccccc5)ccc5ccc2c3c54)c([2H])c1[2H]. The fraction of sp³-hybridized carbons (Fsp3) is 0.0154. The van der Waals surface area contributed by atoms with Crippen LogP contribution in [-0.2, 0) is 0 Å². The summed E-state index contributed by atoms with van der Waals surface area (Å²) >= 11 is 0. The van der Waals surface area contributed by atoms with Crippen molar-refractivity contribution in [1.29, 1.82) is 0 Å². The van der Waals surface area contributed by atoms with Crippen molar-refractivity contribution in [2.24, 2.45) is 0 Å². The van der Waals surface area contributed by atoms with Gasteiger partial charge in [-0.1, -0.05) is 224 Å². The monoisotopic (exact) mass is 885 g/mol. The van der Waals surface area contributed by atoms with E-state index in [9.17, 15) is 5.48 Å². The molecular weight excluding hydrogens is 833 g/mol. The van der Waals surface area contributed by atoms with Crippen LogP contribution in [0.3, 0.4) is 0 Å². The normalized spacial score (nSPS) is 14.0. The average Bonchev–Trinajstić information content (AvgIpc) is 3.60. The van der Waals surface area contributed by atoms with E-state index in [-0.39, 0.29) is 28.2 Å². The van der Waals surface area contributed by atoms with Gasteiger partial charge in [0.2, 0.25) is 0 Å². The standard InChI is InChI=1S/C65H43F2N/c66-56-40-38-51(43-19-7-1-8-20-43)59(45-23-11-3-12-24-45)64(56)61(46-25-13-4-14-26-46)54-36-31-48-33-37-55-58(42-34-49-32-35-53(54)60(48)62(49)55)68(50-29-17-6-18-30-50)65-57(67)41-39-52(44-21-9-2-10-22-44)63(65)47-27-15-5-16-28-47/h1-42,61H/i4D,6D,13D,14D,17D,18D,25D,26D,29D,30D. The summed E-state index contributed by atoms with van der Waals surface area (Å²) < 4.78 is 127. The van der Waals surface area contributed by atoms with Gasteiger partial charge in [-0.2, -0.15) is 0 Å². The molecule has 3 heteroatoms. The van der Waals surface area contributed by atoms with Gasteiger partial charge in [0, 0.05) is 28.1 Å². The Bertz CT molecular complexity index is 4010. The van der Waals surface area contributed by atoms with Crippen LogP contribution in [0.5, 0.6) is 0 Å². The molecule has 0 spiro atoms. The van der Waals surface area contributed by atoms with Crippen LogP contribution in [-0.4, -0.2) is 0 Å². The molecule has 0 aromatic heterocycles. The quantitative estimate of drug-likeness (QED) is 0.0977. The van der Waals surface area contributed by atoms with Crippen LogP contribution in [0.15, 0.2) is 255 Å². The number of rotatable bonds is 10. The molecule has 0 saturated heterocycles. The first-order valence-electron chi connectivity index (χ1n) is 27.3. The lowest BCUT2D eigenvalue weighted by Gasteiger charge is -2.31. The maximum atomic E-state index is 17.8. The number of anilines is 3. The van der Waals surface area contributed by atoms with Gasteiger partial charge < -0.3 is 4.90 Å². The lowest BCUT2D eigenvalue weighted by molar-refractivity contribution is 0.608. The molecule has 0 aliphatic carbocycles. The van der Waals surface area contributed by atoms with Crippen molar-refractivity contribution in [3.05, 3.63) is 283 Å². The number of halogens is 2. The van der Waals surface area contributed by atoms with E-state index in [2.05, 4.69) is 0 Å². The van der Waals surface area contributed by atoms with Crippen molar-refractivity contribution in [2.75, 3.05) is 4.90 Å². The second-order valence-corrected chi connectivity index (χ2v) is 16.6. The van der Waals surface area contributed by atoms with Gasteiger partial charge in [-0.25, -0.2) is 8.78 Å². The smallest absolute Gasteiger partial charge is 0.147 e. The molecule has 0 radical (unpaired) electrons. The third-order valence-electron chi connectivity index (χ3n) is 12.9. The predicted octanol–water partition coefficient (Wildman–Crippen LogP) is 18.2. The Morgan fingerprint density at radius 1 is 0.397 bits per heavy atom. The number of benzene rings is 12. The maximum absolute atomic E-state index is 17.8. The van der Waals surface area contributed by atoms with E-state index >= 15 is 8.78 Å². The van der Waals surface area contributed by atoms with Gasteiger partial charge in [0.05, 0.1) is 25.1 Å². The zero-order chi connectivity index (χ0) is 54.3. The Morgan fingerprint density at radius 2 is 0.868 bits per heavy atom. The number of para-hydroxylation sites is 1. The van der Waals surface area contributed by atoms with E-state index in [1.54, 1.807) is 18.2 Å². The molecule has 12 rings (SSSR count). The first-order chi connectivity index (χ1) is 37.8. The highest BCUT2D eigenvalue weighted by Gasteiger charge is 2.30. The largest absolute Gasteiger partial charge is 0.307 e. The van der Waals surface area contributed by atoms with E-state index in [1.165, 1.54) is 17.0 Å². The minimum absolute atomic E-state index is 0.0692. The van der Waals surface area contributed by atoms with Crippen molar-refractivity contribution in [1.82, 2.24) is 0 Å². The van der Waals surface area contributed by atoms with Crippen molar-refractivity contribution >= 4 is 49.4 Å². The molecule has 1 unspecified atom stereocenters. The molecule has 1 atom stereocenters. The summed E-state index contributed by atoms with van der Waals surface area (Å²) in [5, 5.41) is 3.77. The molecule has 0 amide bonds. The van der Waals surface area contributed by atoms with Gasteiger partial charge >= 0.3 is 0 Å². The lowest BCUT2D eigenvalue weighted by atomic mass is 9.76. The maximum Gasteiger partial charge on any atom is 0.147 e.